The van der Waals surface area contributed by atoms with Gasteiger partial charge >= 0.3 is 0 Å². The number of hydrogen-bond donors (Lipinski definition) is 1. The molecular weight excluding hydrogens is 216 g/mol. The monoisotopic (exact) mass is 240 g/mol. The zero-order chi connectivity index (χ0) is 12.9. The van der Waals surface area contributed by atoms with Crippen LogP contribution in [-0.2, 0) is 9.59 Å². The van der Waals surface area contributed by atoms with Crippen molar-refractivity contribution in [2.75, 3.05) is 13.1 Å². The van der Waals surface area contributed by atoms with Crippen molar-refractivity contribution in [3.05, 3.63) is 0 Å². The normalized spacial score (nSPS) is 25.0. The Morgan fingerprint density at radius 1 is 1.24 bits per heavy atom. The van der Waals surface area contributed by atoms with E-state index in [1.54, 1.807) is 4.90 Å². The first-order valence-corrected chi connectivity index (χ1v) is 6.65. The van der Waals surface area contributed by atoms with E-state index in [4.69, 9.17) is 0 Å². The highest BCUT2D eigenvalue weighted by molar-refractivity contribution is 5.97. The van der Waals surface area contributed by atoms with Crippen molar-refractivity contribution < 1.29 is 9.59 Å². The molecule has 0 bridgehead atoms. The van der Waals surface area contributed by atoms with Crippen molar-refractivity contribution in [1.29, 1.82) is 0 Å². The van der Waals surface area contributed by atoms with Gasteiger partial charge in [0.25, 0.3) is 0 Å². The molecule has 1 atom stereocenters. The Balaban J connectivity index is 2.63. The Morgan fingerprint density at radius 3 is 2.53 bits per heavy atom. The maximum atomic E-state index is 11.9. The Kier molecular flexibility index (Phi) is 4.97. The third-order valence-electron chi connectivity index (χ3n) is 3.71. The summed E-state index contributed by atoms with van der Waals surface area (Å²) in [5, 5.41) is 2.67. The molecule has 0 aromatic heterocycles. The molecule has 98 valence electrons. The summed E-state index contributed by atoms with van der Waals surface area (Å²) in [6.07, 6.45) is 5.15. The fourth-order valence-electron chi connectivity index (χ4n) is 2.26. The third kappa shape index (κ3) is 2.99. The Morgan fingerprint density at radius 2 is 1.94 bits per heavy atom. The SMILES string of the molecule is CCCCCCN1C(=O)CNC(=O)C1(C)CC. The lowest BCUT2D eigenvalue weighted by molar-refractivity contribution is -0.152. The minimum absolute atomic E-state index is 0.0184. The molecule has 17 heavy (non-hydrogen) atoms. The van der Waals surface area contributed by atoms with Gasteiger partial charge in [0.1, 0.15) is 5.54 Å². The van der Waals surface area contributed by atoms with E-state index in [9.17, 15) is 9.59 Å². The summed E-state index contributed by atoms with van der Waals surface area (Å²) >= 11 is 0. The number of carbonyl (C=O) groups is 2. The number of amides is 2. The minimum Gasteiger partial charge on any atom is -0.345 e. The van der Waals surface area contributed by atoms with Crippen molar-refractivity contribution in [3.63, 3.8) is 0 Å². The Hall–Kier alpha value is -1.06. The Bertz CT molecular complexity index is 291. The van der Waals surface area contributed by atoms with E-state index in [0.717, 1.165) is 12.8 Å². The van der Waals surface area contributed by atoms with E-state index in [1.807, 2.05) is 13.8 Å². The van der Waals surface area contributed by atoms with Crippen molar-refractivity contribution in [1.82, 2.24) is 10.2 Å². The second kappa shape index (κ2) is 6.03. The molecule has 0 radical (unpaired) electrons. The summed E-state index contributed by atoms with van der Waals surface area (Å²) < 4.78 is 0. The van der Waals surface area contributed by atoms with Crippen LogP contribution in [0.3, 0.4) is 0 Å². The molecule has 1 heterocycles. The number of piperazine rings is 1. The third-order valence-corrected chi connectivity index (χ3v) is 3.71. The minimum atomic E-state index is -0.651. The van der Waals surface area contributed by atoms with Crippen LogP contribution in [0.2, 0.25) is 0 Å². The van der Waals surface area contributed by atoms with Crippen LogP contribution < -0.4 is 5.32 Å². The van der Waals surface area contributed by atoms with E-state index in [-0.39, 0.29) is 18.4 Å². The number of rotatable bonds is 6. The molecule has 1 unspecified atom stereocenters. The summed E-state index contributed by atoms with van der Waals surface area (Å²) in [4.78, 5) is 25.5. The molecule has 1 N–H and O–H groups in total. The van der Waals surface area contributed by atoms with E-state index in [0.29, 0.717) is 13.0 Å². The van der Waals surface area contributed by atoms with Crippen LogP contribution in [0.1, 0.15) is 52.9 Å². The highest BCUT2D eigenvalue weighted by Crippen LogP contribution is 2.23. The molecule has 0 aromatic carbocycles. The van der Waals surface area contributed by atoms with Crippen molar-refractivity contribution in [2.24, 2.45) is 0 Å². The van der Waals surface area contributed by atoms with Crippen LogP contribution in [0.5, 0.6) is 0 Å². The van der Waals surface area contributed by atoms with Crippen LogP contribution in [0, 0.1) is 0 Å². The molecule has 1 rings (SSSR count). The van der Waals surface area contributed by atoms with Gasteiger partial charge in [-0.1, -0.05) is 33.1 Å². The summed E-state index contributed by atoms with van der Waals surface area (Å²) in [5.74, 6) is 0.0283. The number of carbonyl (C=O) groups excluding carboxylic acids is 2. The average Bonchev–Trinajstić information content (AvgIpc) is 2.33. The molecule has 0 aromatic rings. The number of hydrogen-bond acceptors (Lipinski definition) is 2. The Labute approximate surface area is 104 Å². The van der Waals surface area contributed by atoms with Gasteiger partial charge in [0, 0.05) is 6.54 Å². The predicted molar refractivity (Wildman–Crippen MR) is 67.6 cm³/mol. The second-order valence-electron chi connectivity index (χ2n) is 4.92. The van der Waals surface area contributed by atoms with Crippen molar-refractivity contribution in [3.8, 4) is 0 Å². The van der Waals surface area contributed by atoms with Gasteiger partial charge in [0.2, 0.25) is 11.8 Å². The van der Waals surface area contributed by atoms with Crippen LogP contribution >= 0.6 is 0 Å². The van der Waals surface area contributed by atoms with Gasteiger partial charge in [-0.05, 0) is 19.8 Å². The largest absolute Gasteiger partial charge is 0.345 e. The van der Waals surface area contributed by atoms with Gasteiger partial charge in [-0.15, -0.1) is 0 Å². The maximum Gasteiger partial charge on any atom is 0.246 e. The average molecular weight is 240 g/mol. The predicted octanol–water partition coefficient (Wildman–Crippen LogP) is 1.69. The van der Waals surface area contributed by atoms with Crippen LogP contribution in [0.25, 0.3) is 0 Å². The molecule has 0 spiro atoms. The zero-order valence-corrected chi connectivity index (χ0v) is 11.2. The fourth-order valence-corrected chi connectivity index (χ4v) is 2.26. The lowest BCUT2D eigenvalue weighted by atomic mass is 9.92. The molecule has 0 saturated carbocycles. The first-order valence-electron chi connectivity index (χ1n) is 6.65. The van der Waals surface area contributed by atoms with Gasteiger partial charge in [-0.2, -0.15) is 0 Å². The molecule has 2 amide bonds. The first-order chi connectivity index (χ1) is 8.06. The second-order valence-corrected chi connectivity index (χ2v) is 4.92. The summed E-state index contributed by atoms with van der Waals surface area (Å²) in [6, 6.07) is 0. The lowest BCUT2D eigenvalue weighted by Gasteiger charge is -2.43. The first kappa shape index (κ1) is 14.0. The summed E-state index contributed by atoms with van der Waals surface area (Å²) in [5.41, 5.74) is -0.651. The van der Waals surface area contributed by atoms with E-state index in [2.05, 4.69) is 12.2 Å². The highest BCUT2D eigenvalue weighted by Gasteiger charge is 2.43. The van der Waals surface area contributed by atoms with Crippen LogP contribution in [0.15, 0.2) is 0 Å². The molecule has 4 nitrogen and oxygen atoms in total. The standard InChI is InChI=1S/C13H24N2O2/c1-4-6-7-8-9-15-11(16)10-14-12(17)13(15,3)5-2/h4-10H2,1-3H3,(H,14,17). The summed E-state index contributed by atoms with van der Waals surface area (Å²) in [7, 11) is 0. The fraction of sp³-hybridized carbons (Fsp3) is 0.846. The molecule has 1 aliphatic rings. The highest BCUT2D eigenvalue weighted by atomic mass is 16.2. The molecule has 1 aliphatic heterocycles. The van der Waals surface area contributed by atoms with Crippen LogP contribution in [-0.4, -0.2) is 35.3 Å². The summed E-state index contributed by atoms with van der Waals surface area (Å²) in [6.45, 7) is 6.84. The van der Waals surface area contributed by atoms with E-state index < -0.39 is 5.54 Å². The number of unbranched alkanes of at least 4 members (excludes halogenated alkanes) is 3. The van der Waals surface area contributed by atoms with Gasteiger partial charge in [0.05, 0.1) is 6.54 Å². The van der Waals surface area contributed by atoms with Gasteiger partial charge in [-0.3, -0.25) is 9.59 Å². The molecule has 4 heteroatoms. The smallest absolute Gasteiger partial charge is 0.246 e. The molecular formula is C13H24N2O2. The van der Waals surface area contributed by atoms with Crippen molar-refractivity contribution >= 4 is 11.8 Å². The number of nitrogens with zero attached hydrogens (tertiary/aromatic N) is 1. The van der Waals surface area contributed by atoms with Gasteiger partial charge in [-0.25, -0.2) is 0 Å². The molecule has 0 aliphatic carbocycles. The van der Waals surface area contributed by atoms with Gasteiger partial charge in [0.15, 0.2) is 0 Å². The van der Waals surface area contributed by atoms with Crippen molar-refractivity contribution in [2.45, 2.75) is 58.4 Å². The van der Waals surface area contributed by atoms with Gasteiger partial charge < -0.3 is 10.2 Å². The van der Waals surface area contributed by atoms with Crippen LogP contribution in [0.4, 0.5) is 0 Å². The lowest BCUT2D eigenvalue weighted by Crippen LogP contribution is -2.65. The molecule has 1 saturated heterocycles. The van der Waals surface area contributed by atoms with E-state index in [1.165, 1.54) is 12.8 Å². The topological polar surface area (TPSA) is 49.4 Å². The molecule has 1 fully saturated rings. The maximum absolute atomic E-state index is 11.9. The van der Waals surface area contributed by atoms with E-state index >= 15 is 0 Å². The quantitative estimate of drug-likeness (QED) is 0.718. The number of nitrogens with one attached hydrogen (secondary N) is 1. The zero-order valence-electron chi connectivity index (χ0n) is 11.2.